The maximum Gasteiger partial charge on any atom is 0.331 e. The van der Waals surface area contributed by atoms with E-state index >= 15 is 0 Å². The zero-order valence-electron chi connectivity index (χ0n) is 19.2. The van der Waals surface area contributed by atoms with E-state index < -0.39 is 17.9 Å². The second kappa shape index (κ2) is 14.5. The molecule has 0 saturated heterocycles. The number of carboxylic acids is 3. The number of aliphatic carboxylic acids is 3. The zero-order chi connectivity index (χ0) is 24.8. The number of benzene rings is 1. The maximum absolute atomic E-state index is 10.4. The van der Waals surface area contributed by atoms with Crippen molar-refractivity contribution in [2.45, 2.75) is 44.9 Å². The lowest BCUT2D eigenvalue weighted by atomic mass is 9.86. The molecule has 0 aromatic heterocycles. The van der Waals surface area contributed by atoms with Crippen LogP contribution in [-0.2, 0) is 14.4 Å². The molecule has 0 heterocycles. The molecular weight excluding hydrogens is 432 g/mol. The molecule has 1 aromatic rings. The van der Waals surface area contributed by atoms with E-state index in [0.717, 1.165) is 51.0 Å². The minimum Gasteiger partial charge on any atom is -0.493 e. The monoisotopic (exact) mass is 464 g/mol. The first-order valence-corrected chi connectivity index (χ1v) is 10.6. The van der Waals surface area contributed by atoms with Gasteiger partial charge in [0.25, 0.3) is 0 Å². The van der Waals surface area contributed by atoms with Crippen LogP contribution in [0.1, 0.15) is 50.5 Å². The molecule has 2 aliphatic rings. The third-order valence-electron chi connectivity index (χ3n) is 5.13. The average molecular weight is 465 g/mol. The quantitative estimate of drug-likeness (QED) is 0.505. The smallest absolute Gasteiger partial charge is 0.331 e. The molecule has 0 amide bonds. The lowest BCUT2D eigenvalue weighted by Gasteiger charge is -2.19. The molecule has 3 N–H and O–H groups in total. The Kier molecular flexibility index (Phi) is 12.1. The fourth-order valence-electron chi connectivity index (χ4n) is 3.05. The summed E-state index contributed by atoms with van der Waals surface area (Å²) >= 11 is 0. The summed E-state index contributed by atoms with van der Waals surface area (Å²) in [4.78, 5) is 30.7. The molecule has 3 rings (SSSR count). The van der Waals surface area contributed by atoms with Crippen molar-refractivity contribution in [3.63, 3.8) is 0 Å². The first kappa shape index (κ1) is 27.5. The number of allylic oxidation sites excluding steroid dienone is 1. The Bertz CT molecular complexity index is 842. The summed E-state index contributed by atoms with van der Waals surface area (Å²) in [5.41, 5.74) is 1.25. The molecular formula is C24H32O9. The highest BCUT2D eigenvalue weighted by molar-refractivity contribution is 5.86. The molecule has 0 atom stereocenters. The SMILES string of the molecule is COc1cc(C=CC(=O)O)cc(OC)c1OC.O=C(O)C1=CCCCC1.O=C(O)C1CCC1. The summed E-state index contributed by atoms with van der Waals surface area (Å²) < 4.78 is 15.4. The van der Waals surface area contributed by atoms with Crippen molar-refractivity contribution in [2.75, 3.05) is 21.3 Å². The first-order chi connectivity index (χ1) is 15.7. The molecule has 1 fully saturated rings. The van der Waals surface area contributed by atoms with Crippen LogP contribution in [-0.4, -0.2) is 54.6 Å². The number of ether oxygens (including phenoxy) is 3. The fraction of sp³-hybridized carbons (Fsp3) is 0.458. The predicted molar refractivity (Wildman–Crippen MR) is 122 cm³/mol. The van der Waals surface area contributed by atoms with Gasteiger partial charge < -0.3 is 29.5 Å². The van der Waals surface area contributed by atoms with E-state index in [0.29, 0.717) is 28.4 Å². The lowest BCUT2D eigenvalue weighted by molar-refractivity contribution is -0.144. The summed E-state index contributed by atoms with van der Waals surface area (Å²) in [5.74, 6) is -0.934. The highest BCUT2D eigenvalue weighted by Gasteiger charge is 2.23. The minimum absolute atomic E-state index is 0.000000000000000444. The lowest BCUT2D eigenvalue weighted by Crippen LogP contribution is -2.20. The van der Waals surface area contributed by atoms with E-state index in [-0.39, 0.29) is 5.92 Å². The molecule has 1 aromatic carbocycles. The van der Waals surface area contributed by atoms with Crippen molar-refractivity contribution in [1.82, 2.24) is 0 Å². The van der Waals surface area contributed by atoms with Crippen molar-refractivity contribution < 1.29 is 43.9 Å². The van der Waals surface area contributed by atoms with Gasteiger partial charge in [-0.3, -0.25) is 4.79 Å². The van der Waals surface area contributed by atoms with Crippen LogP contribution < -0.4 is 14.2 Å². The van der Waals surface area contributed by atoms with Gasteiger partial charge in [0.1, 0.15) is 0 Å². The average Bonchev–Trinajstić information content (AvgIpc) is 2.76. The fourth-order valence-corrected chi connectivity index (χ4v) is 3.05. The van der Waals surface area contributed by atoms with Crippen LogP contribution in [0.3, 0.4) is 0 Å². The van der Waals surface area contributed by atoms with E-state index in [4.69, 9.17) is 29.5 Å². The number of methoxy groups -OCH3 is 3. The molecule has 0 unspecified atom stereocenters. The highest BCUT2D eigenvalue weighted by Crippen LogP contribution is 2.38. The summed E-state index contributed by atoms with van der Waals surface area (Å²) in [7, 11) is 4.51. The maximum atomic E-state index is 10.4. The Hall–Kier alpha value is -3.49. The number of rotatable bonds is 7. The van der Waals surface area contributed by atoms with Gasteiger partial charge in [-0.1, -0.05) is 12.5 Å². The van der Waals surface area contributed by atoms with Crippen LogP contribution >= 0.6 is 0 Å². The third-order valence-corrected chi connectivity index (χ3v) is 5.13. The van der Waals surface area contributed by atoms with E-state index in [1.807, 2.05) is 6.08 Å². The zero-order valence-corrected chi connectivity index (χ0v) is 19.2. The van der Waals surface area contributed by atoms with Crippen molar-refractivity contribution >= 4 is 24.0 Å². The summed E-state index contributed by atoms with van der Waals surface area (Å²) in [5, 5.41) is 25.3. The Morgan fingerprint density at radius 2 is 1.52 bits per heavy atom. The van der Waals surface area contributed by atoms with Gasteiger partial charge in [0.05, 0.1) is 27.2 Å². The number of carboxylic acid groups (broad SMARTS) is 3. The predicted octanol–water partition coefficient (Wildman–Crippen LogP) is 4.25. The van der Waals surface area contributed by atoms with Crippen LogP contribution in [0.2, 0.25) is 0 Å². The van der Waals surface area contributed by atoms with E-state index in [2.05, 4.69) is 0 Å². The summed E-state index contributed by atoms with van der Waals surface area (Å²) in [6, 6.07) is 3.33. The van der Waals surface area contributed by atoms with Crippen LogP contribution in [0, 0.1) is 5.92 Å². The Balaban J connectivity index is 0.000000282. The molecule has 33 heavy (non-hydrogen) atoms. The Labute approximate surface area is 193 Å². The van der Waals surface area contributed by atoms with Crippen LogP contribution in [0.25, 0.3) is 6.08 Å². The molecule has 2 aliphatic carbocycles. The van der Waals surface area contributed by atoms with Gasteiger partial charge in [0, 0.05) is 11.6 Å². The van der Waals surface area contributed by atoms with Gasteiger partial charge in [-0.05, 0) is 62.3 Å². The molecule has 1 saturated carbocycles. The number of carbonyl (C=O) groups is 3. The molecule has 0 radical (unpaired) electrons. The topological polar surface area (TPSA) is 140 Å². The van der Waals surface area contributed by atoms with E-state index in [1.165, 1.54) is 27.4 Å². The second-order valence-electron chi connectivity index (χ2n) is 7.38. The summed E-state index contributed by atoms with van der Waals surface area (Å²) in [6.07, 6.45) is 11.1. The Morgan fingerprint density at radius 3 is 1.79 bits per heavy atom. The summed E-state index contributed by atoms with van der Waals surface area (Å²) in [6.45, 7) is 0. The van der Waals surface area contributed by atoms with Gasteiger partial charge in [0.15, 0.2) is 11.5 Å². The van der Waals surface area contributed by atoms with Crippen molar-refractivity contribution in [2.24, 2.45) is 5.92 Å². The first-order valence-electron chi connectivity index (χ1n) is 10.6. The van der Waals surface area contributed by atoms with Gasteiger partial charge in [0.2, 0.25) is 5.75 Å². The van der Waals surface area contributed by atoms with Crippen molar-refractivity contribution in [3.05, 3.63) is 35.4 Å². The van der Waals surface area contributed by atoms with Gasteiger partial charge in [-0.2, -0.15) is 0 Å². The van der Waals surface area contributed by atoms with Gasteiger partial charge in [-0.15, -0.1) is 0 Å². The van der Waals surface area contributed by atoms with Crippen LogP contribution in [0.5, 0.6) is 17.2 Å². The highest BCUT2D eigenvalue weighted by atomic mass is 16.5. The Morgan fingerprint density at radius 1 is 0.909 bits per heavy atom. The van der Waals surface area contributed by atoms with Gasteiger partial charge >= 0.3 is 17.9 Å². The van der Waals surface area contributed by atoms with Crippen molar-refractivity contribution in [1.29, 1.82) is 0 Å². The van der Waals surface area contributed by atoms with Crippen molar-refractivity contribution in [3.8, 4) is 17.2 Å². The molecule has 0 aliphatic heterocycles. The minimum atomic E-state index is -1.02. The molecule has 0 bridgehead atoms. The van der Waals surface area contributed by atoms with Gasteiger partial charge in [-0.25, -0.2) is 9.59 Å². The normalized spacial score (nSPS) is 14.9. The largest absolute Gasteiger partial charge is 0.493 e. The standard InChI is InChI=1S/C12H14O5.C7H10O2.C5H8O2/c1-15-9-6-8(4-5-11(13)14)7-10(16-2)12(9)17-3;8-7(9)6-4-2-1-3-5-6;6-5(7)4-2-1-3-4/h4-7H,1-3H3,(H,13,14);4H,1-3,5H2,(H,8,9);4H,1-3H2,(H,6,7). The second-order valence-corrected chi connectivity index (χ2v) is 7.38. The molecule has 9 nitrogen and oxygen atoms in total. The number of hydrogen-bond acceptors (Lipinski definition) is 6. The molecule has 0 spiro atoms. The molecule has 9 heteroatoms. The van der Waals surface area contributed by atoms with Crippen LogP contribution in [0.4, 0.5) is 0 Å². The van der Waals surface area contributed by atoms with E-state index in [1.54, 1.807) is 12.1 Å². The third kappa shape index (κ3) is 9.67. The van der Waals surface area contributed by atoms with Crippen LogP contribution in [0.15, 0.2) is 29.9 Å². The molecule has 182 valence electrons. The van der Waals surface area contributed by atoms with E-state index in [9.17, 15) is 14.4 Å². The number of hydrogen-bond donors (Lipinski definition) is 3.